The summed E-state index contributed by atoms with van der Waals surface area (Å²) >= 11 is 0. The molecule has 5 heterocycles. The van der Waals surface area contributed by atoms with Gasteiger partial charge in [-0.3, -0.25) is 14.3 Å². The number of benzene rings is 1. The van der Waals surface area contributed by atoms with E-state index in [1.54, 1.807) is 4.90 Å². The fourth-order valence-electron chi connectivity index (χ4n) is 4.99. The summed E-state index contributed by atoms with van der Waals surface area (Å²) in [5.41, 5.74) is 1.35. The second-order valence-electron chi connectivity index (χ2n) is 10.5. The summed E-state index contributed by atoms with van der Waals surface area (Å²) in [6.07, 6.45) is 2.92. The molecule has 6 rings (SSSR count). The van der Waals surface area contributed by atoms with Crippen molar-refractivity contribution in [3.8, 4) is 29.4 Å². The molecular weight excluding hydrogens is 510 g/mol. The summed E-state index contributed by atoms with van der Waals surface area (Å²) in [5.74, 6) is 12.3. The molecular formula is C30H29N5O5. The van der Waals surface area contributed by atoms with Crippen molar-refractivity contribution in [1.29, 1.82) is 0 Å². The molecule has 3 aliphatic heterocycles. The quantitative estimate of drug-likeness (QED) is 0.504. The topological polar surface area (TPSA) is 112 Å². The molecule has 0 radical (unpaired) electrons. The van der Waals surface area contributed by atoms with Crippen LogP contribution in [0.4, 0.5) is 0 Å². The SMILES string of the molecule is CC(C)N1CC(C(c2ccccc2)n2cc(C#CC3COC3)c(C#CC3COC3)n2)n2ncc(=O)c(O)c2C1=O. The van der Waals surface area contributed by atoms with E-state index in [1.807, 2.05) is 55.1 Å². The number of carbonyl (C=O) groups excluding carboxylic acids is 1. The highest BCUT2D eigenvalue weighted by Gasteiger charge is 2.41. The summed E-state index contributed by atoms with van der Waals surface area (Å²) < 4.78 is 13.8. The number of hydrogen-bond acceptors (Lipinski definition) is 7. The molecule has 1 amide bonds. The third-order valence-corrected chi connectivity index (χ3v) is 7.38. The highest BCUT2D eigenvalue weighted by Crippen LogP contribution is 2.36. The lowest BCUT2D eigenvalue weighted by atomic mass is 9.96. The van der Waals surface area contributed by atoms with E-state index >= 15 is 0 Å². The van der Waals surface area contributed by atoms with E-state index in [0.29, 0.717) is 44.2 Å². The predicted molar refractivity (Wildman–Crippen MR) is 145 cm³/mol. The zero-order valence-corrected chi connectivity index (χ0v) is 22.3. The molecule has 0 saturated carbocycles. The molecule has 3 aromatic rings. The highest BCUT2D eigenvalue weighted by atomic mass is 16.5. The van der Waals surface area contributed by atoms with Crippen molar-refractivity contribution >= 4 is 5.91 Å². The van der Waals surface area contributed by atoms with Gasteiger partial charge >= 0.3 is 0 Å². The van der Waals surface area contributed by atoms with Gasteiger partial charge in [0.2, 0.25) is 5.43 Å². The number of amides is 1. The molecule has 1 N–H and O–H groups in total. The standard InChI is InChI=1S/C30H29N5O5/c1-19(2)33-14-25(35-28(30(33)38)29(37)26(36)12-31-35)27(22-6-4-3-5-7-22)34-13-23(10-8-20-15-39-16-20)24(32-34)11-9-21-17-40-18-21/h3-7,12-13,19-21,25,27,37H,14-18H2,1-2H3. The van der Waals surface area contributed by atoms with Gasteiger partial charge in [-0.05, 0) is 25.3 Å². The van der Waals surface area contributed by atoms with Gasteiger partial charge in [-0.2, -0.15) is 10.2 Å². The third kappa shape index (κ3) is 4.77. The van der Waals surface area contributed by atoms with Crippen molar-refractivity contribution < 1.29 is 19.4 Å². The zero-order valence-electron chi connectivity index (χ0n) is 22.3. The van der Waals surface area contributed by atoms with Crippen LogP contribution in [0.3, 0.4) is 0 Å². The molecule has 40 heavy (non-hydrogen) atoms. The number of fused-ring (bicyclic) bond motifs is 1. The van der Waals surface area contributed by atoms with Gasteiger partial charge in [0.1, 0.15) is 6.04 Å². The van der Waals surface area contributed by atoms with Crippen molar-refractivity contribution in [1.82, 2.24) is 24.5 Å². The number of ether oxygens (including phenoxy) is 2. The van der Waals surface area contributed by atoms with Crippen LogP contribution in [0, 0.1) is 35.5 Å². The Morgan fingerprint density at radius 1 is 1.00 bits per heavy atom. The van der Waals surface area contributed by atoms with E-state index in [0.717, 1.165) is 11.8 Å². The Balaban J connectivity index is 1.51. The maximum Gasteiger partial charge on any atom is 0.276 e. The second kappa shape index (κ2) is 10.6. The Labute approximate surface area is 231 Å². The average Bonchev–Trinajstić information content (AvgIpc) is 3.28. The lowest BCUT2D eigenvalue weighted by Gasteiger charge is -2.40. The van der Waals surface area contributed by atoms with Gasteiger partial charge in [0.15, 0.2) is 17.1 Å². The maximum absolute atomic E-state index is 13.4. The average molecular weight is 540 g/mol. The first-order valence-corrected chi connectivity index (χ1v) is 13.3. The molecule has 2 saturated heterocycles. The van der Waals surface area contributed by atoms with Crippen LogP contribution in [-0.4, -0.2) is 74.5 Å². The normalized spacial score (nSPS) is 19.5. The van der Waals surface area contributed by atoms with Gasteiger partial charge in [-0.25, -0.2) is 4.68 Å². The zero-order chi connectivity index (χ0) is 27.8. The van der Waals surface area contributed by atoms with Crippen molar-refractivity contribution in [2.24, 2.45) is 11.8 Å². The number of nitrogens with zero attached hydrogens (tertiary/aromatic N) is 5. The van der Waals surface area contributed by atoms with E-state index in [4.69, 9.17) is 14.6 Å². The van der Waals surface area contributed by atoms with Crippen LogP contribution in [0.1, 0.15) is 53.2 Å². The number of hydrogen-bond donors (Lipinski definition) is 1. The van der Waals surface area contributed by atoms with Gasteiger partial charge in [0.25, 0.3) is 5.91 Å². The number of aromatic nitrogens is 4. The Morgan fingerprint density at radius 2 is 1.68 bits per heavy atom. The molecule has 0 aliphatic carbocycles. The molecule has 3 aliphatic rings. The van der Waals surface area contributed by atoms with Gasteiger partial charge in [-0.15, -0.1) is 0 Å². The summed E-state index contributed by atoms with van der Waals surface area (Å²) in [4.78, 5) is 27.4. The fraction of sp³-hybridized carbons (Fsp3) is 0.400. The number of rotatable bonds is 4. The fourth-order valence-corrected chi connectivity index (χ4v) is 4.99. The largest absolute Gasteiger partial charge is 0.502 e. The van der Waals surface area contributed by atoms with Crippen LogP contribution >= 0.6 is 0 Å². The molecule has 0 spiro atoms. The van der Waals surface area contributed by atoms with Crippen LogP contribution in [-0.2, 0) is 9.47 Å². The molecule has 2 fully saturated rings. The Morgan fingerprint density at radius 3 is 2.30 bits per heavy atom. The van der Waals surface area contributed by atoms with Crippen molar-refractivity contribution in [3.05, 3.63) is 75.5 Å². The number of carbonyl (C=O) groups is 1. The Bertz CT molecular complexity index is 1560. The minimum Gasteiger partial charge on any atom is -0.502 e. The molecule has 204 valence electrons. The minimum atomic E-state index is -0.700. The van der Waals surface area contributed by atoms with Crippen molar-refractivity contribution in [2.75, 3.05) is 33.0 Å². The Hall–Kier alpha value is -4.38. The van der Waals surface area contributed by atoms with Crippen LogP contribution < -0.4 is 5.43 Å². The molecule has 10 heteroatoms. The summed E-state index contributed by atoms with van der Waals surface area (Å²) in [5, 5.41) is 20.0. The second-order valence-corrected chi connectivity index (χ2v) is 10.5. The Kier molecular flexibility index (Phi) is 6.89. The molecule has 0 bridgehead atoms. The van der Waals surface area contributed by atoms with Gasteiger partial charge in [0, 0.05) is 18.8 Å². The number of aromatic hydroxyl groups is 1. The highest BCUT2D eigenvalue weighted by molar-refractivity contribution is 5.95. The van der Waals surface area contributed by atoms with E-state index in [9.17, 15) is 14.7 Å². The minimum absolute atomic E-state index is 0.125. The lowest BCUT2D eigenvalue weighted by Crippen LogP contribution is -2.50. The van der Waals surface area contributed by atoms with Crippen LogP contribution in [0.15, 0.2) is 47.5 Å². The van der Waals surface area contributed by atoms with Crippen LogP contribution in [0.5, 0.6) is 5.75 Å². The first-order valence-electron chi connectivity index (χ1n) is 13.3. The molecule has 2 aromatic heterocycles. The summed E-state index contributed by atoms with van der Waals surface area (Å²) in [6.45, 7) is 6.52. The van der Waals surface area contributed by atoms with Crippen LogP contribution in [0.2, 0.25) is 0 Å². The molecule has 1 aromatic carbocycles. The van der Waals surface area contributed by atoms with Gasteiger partial charge < -0.3 is 19.5 Å². The lowest BCUT2D eigenvalue weighted by molar-refractivity contribution is -0.00307. The third-order valence-electron chi connectivity index (χ3n) is 7.38. The predicted octanol–water partition coefficient (Wildman–Crippen LogP) is 1.84. The smallest absolute Gasteiger partial charge is 0.276 e. The first kappa shape index (κ1) is 25.9. The van der Waals surface area contributed by atoms with E-state index in [1.165, 1.54) is 4.68 Å². The van der Waals surface area contributed by atoms with E-state index in [-0.39, 0.29) is 23.6 Å². The summed E-state index contributed by atoms with van der Waals surface area (Å²) in [7, 11) is 0. The van der Waals surface area contributed by atoms with Gasteiger partial charge in [-0.1, -0.05) is 48.1 Å². The maximum atomic E-state index is 13.4. The molecule has 10 nitrogen and oxygen atoms in total. The van der Waals surface area contributed by atoms with Crippen molar-refractivity contribution in [2.45, 2.75) is 32.0 Å². The van der Waals surface area contributed by atoms with E-state index in [2.05, 4.69) is 28.8 Å². The monoisotopic (exact) mass is 539 g/mol. The van der Waals surface area contributed by atoms with Crippen LogP contribution in [0.25, 0.3) is 0 Å². The summed E-state index contributed by atoms with van der Waals surface area (Å²) in [6, 6.07) is 8.64. The van der Waals surface area contributed by atoms with E-state index < -0.39 is 29.2 Å². The molecule has 2 atom stereocenters. The van der Waals surface area contributed by atoms with Crippen molar-refractivity contribution in [3.63, 3.8) is 0 Å². The van der Waals surface area contributed by atoms with Gasteiger partial charge in [0.05, 0.1) is 56.1 Å². The first-order chi connectivity index (χ1) is 19.4. The molecule has 2 unspecified atom stereocenters.